The number of tetrazole rings is 1. The Bertz CT molecular complexity index is 988. The van der Waals surface area contributed by atoms with Crippen molar-refractivity contribution in [2.75, 3.05) is 37.4 Å². The highest BCUT2D eigenvalue weighted by molar-refractivity contribution is 7.99. The fraction of sp³-hybridized carbons (Fsp3) is 0.529. The SMILES string of the molecule is CC(C)Oc1ccc(S(=O)(=O)N2CCOCC2)cc1NC(=O)CSc1nnnn1C. The van der Waals surface area contributed by atoms with Gasteiger partial charge in [-0.05, 0) is 42.5 Å². The van der Waals surface area contributed by atoms with Crippen LogP contribution in [0, 0.1) is 0 Å². The van der Waals surface area contributed by atoms with Crippen molar-refractivity contribution in [1.82, 2.24) is 24.5 Å². The number of amides is 1. The summed E-state index contributed by atoms with van der Waals surface area (Å²) in [6.45, 7) is 4.98. The number of rotatable bonds is 8. The third kappa shape index (κ3) is 5.47. The summed E-state index contributed by atoms with van der Waals surface area (Å²) in [4.78, 5) is 12.6. The molecule has 0 unspecified atom stereocenters. The van der Waals surface area contributed by atoms with Crippen molar-refractivity contribution in [3.05, 3.63) is 18.2 Å². The molecule has 0 bridgehead atoms. The van der Waals surface area contributed by atoms with E-state index in [-0.39, 0.29) is 35.7 Å². The summed E-state index contributed by atoms with van der Waals surface area (Å²) in [5, 5.41) is 14.3. The third-order valence-electron chi connectivity index (χ3n) is 4.11. The molecule has 1 aromatic carbocycles. The number of carbonyl (C=O) groups is 1. The number of anilines is 1. The predicted molar refractivity (Wildman–Crippen MR) is 110 cm³/mol. The van der Waals surface area contributed by atoms with Crippen LogP contribution in [0.1, 0.15) is 13.8 Å². The van der Waals surface area contributed by atoms with Gasteiger partial charge in [0.1, 0.15) is 5.75 Å². The van der Waals surface area contributed by atoms with Crippen LogP contribution >= 0.6 is 11.8 Å². The summed E-state index contributed by atoms with van der Waals surface area (Å²) in [6, 6.07) is 4.47. The molecule has 2 aromatic rings. The number of thioether (sulfide) groups is 1. The topological polar surface area (TPSA) is 129 Å². The molecular formula is C17H24N6O5S2. The Balaban J connectivity index is 1.80. The lowest BCUT2D eigenvalue weighted by atomic mass is 10.3. The molecule has 1 aromatic heterocycles. The first-order valence-electron chi connectivity index (χ1n) is 9.31. The van der Waals surface area contributed by atoms with Gasteiger partial charge >= 0.3 is 0 Å². The van der Waals surface area contributed by atoms with Crippen molar-refractivity contribution in [2.24, 2.45) is 7.05 Å². The predicted octanol–water partition coefficient (Wildman–Crippen LogP) is 0.749. The normalized spacial score (nSPS) is 15.3. The average Bonchev–Trinajstić information content (AvgIpc) is 3.12. The van der Waals surface area contributed by atoms with E-state index in [9.17, 15) is 13.2 Å². The quantitative estimate of drug-likeness (QED) is 0.572. The van der Waals surface area contributed by atoms with E-state index < -0.39 is 10.0 Å². The highest BCUT2D eigenvalue weighted by Gasteiger charge is 2.27. The van der Waals surface area contributed by atoms with Gasteiger partial charge < -0.3 is 14.8 Å². The maximum atomic E-state index is 13.0. The molecule has 13 heteroatoms. The van der Waals surface area contributed by atoms with E-state index in [2.05, 4.69) is 20.8 Å². The number of hydrogen-bond acceptors (Lipinski definition) is 9. The van der Waals surface area contributed by atoms with E-state index in [0.29, 0.717) is 29.8 Å². The molecule has 30 heavy (non-hydrogen) atoms. The molecule has 1 fully saturated rings. The molecule has 0 saturated carbocycles. The van der Waals surface area contributed by atoms with E-state index in [0.717, 1.165) is 0 Å². The first-order chi connectivity index (χ1) is 14.3. The number of nitrogens with one attached hydrogen (secondary N) is 1. The minimum atomic E-state index is -3.71. The van der Waals surface area contributed by atoms with Crippen LogP contribution in [0.2, 0.25) is 0 Å². The summed E-state index contributed by atoms with van der Waals surface area (Å²) in [5.41, 5.74) is 0.291. The molecule has 0 spiro atoms. The van der Waals surface area contributed by atoms with E-state index in [4.69, 9.17) is 9.47 Å². The number of benzene rings is 1. The van der Waals surface area contributed by atoms with Gasteiger partial charge in [0, 0.05) is 20.1 Å². The van der Waals surface area contributed by atoms with Gasteiger partial charge in [-0.25, -0.2) is 13.1 Å². The zero-order valence-electron chi connectivity index (χ0n) is 16.9. The molecule has 2 heterocycles. The van der Waals surface area contributed by atoms with Gasteiger partial charge in [0.05, 0.1) is 35.7 Å². The van der Waals surface area contributed by atoms with E-state index in [1.54, 1.807) is 13.1 Å². The van der Waals surface area contributed by atoms with Gasteiger partial charge in [0.25, 0.3) is 0 Å². The van der Waals surface area contributed by atoms with Crippen LogP contribution in [0.5, 0.6) is 5.75 Å². The van der Waals surface area contributed by atoms with E-state index >= 15 is 0 Å². The van der Waals surface area contributed by atoms with E-state index in [1.807, 2.05) is 13.8 Å². The van der Waals surface area contributed by atoms with Crippen molar-refractivity contribution in [3.63, 3.8) is 0 Å². The highest BCUT2D eigenvalue weighted by atomic mass is 32.2. The lowest BCUT2D eigenvalue weighted by Crippen LogP contribution is -2.40. The summed E-state index contributed by atoms with van der Waals surface area (Å²) >= 11 is 1.17. The Morgan fingerprint density at radius 2 is 2.07 bits per heavy atom. The largest absolute Gasteiger partial charge is 0.489 e. The molecule has 0 aliphatic carbocycles. The molecule has 1 aliphatic rings. The van der Waals surface area contributed by atoms with Gasteiger partial charge in [-0.1, -0.05) is 11.8 Å². The van der Waals surface area contributed by atoms with Gasteiger partial charge in [0.15, 0.2) is 0 Å². The number of morpholine rings is 1. The smallest absolute Gasteiger partial charge is 0.243 e. The summed E-state index contributed by atoms with van der Waals surface area (Å²) in [6.07, 6.45) is -0.151. The minimum Gasteiger partial charge on any atom is -0.489 e. The molecule has 11 nitrogen and oxygen atoms in total. The average molecular weight is 457 g/mol. The summed E-state index contributed by atoms with van der Waals surface area (Å²) in [7, 11) is -2.03. The second-order valence-corrected chi connectivity index (χ2v) is 9.64. The molecule has 0 radical (unpaired) electrons. The molecule has 164 valence electrons. The number of nitrogens with zero attached hydrogens (tertiary/aromatic N) is 5. The van der Waals surface area contributed by atoms with Gasteiger partial charge in [0.2, 0.25) is 21.1 Å². The second-order valence-electron chi connectivity index (χ2n) is 6.76. The van der Waals surface area contributed by atoms with E-state index in [1.165, 1.54) is 32.9 Å². The Morgan fingerprint density at radius 1 is 1.33 bits per heavy atom. The number of carbonyl (C=O) groups excluding carboxylic acids is 1. The molecule has 1 aliphatic heterocycles. The maximum Gasteiger partial charge on any atom is 0.243 e. The molecule has 0 atom stereocenters. The Morgan fingerprint density at radius 3 is 2.70 bits per heavy atom. The number of aromatic nitrogens is 4. The van der Waals surface area contributed by atoms with Crippen molar-refractivity contribution < 1.29 is 22.7 Å². The van der Waals surface area contributed by atoms with Crippen LogP contribution < -0.4 is 10.1 Å². The van der Waals surface area contributed by atoms with Crippen molar-refractivity contribution >= 4 is 33.4 Å². The summed E-state index contributed by atoms with van der Waals surface area (Å²) < 4.78 is 39.7. The van der Waals surface area contributed by atoms with Crippen LogP contribution in [0.15, 0.2) is 28.3 Å². The fourth-order valence-corrected chi connectivity index (χ4v) is 4.80. The first-order valence-corrected chi connectivity index (χ1v) is 11.7. The van der Waals surface area contributed by atoms with Crippen molar-refractivity contribution in [1.29, 1.82) is 0 Å². The highest BCUT2D eigenvalue weighted by Crippen LogP contribution is 2.30. The molecule has 1 amide bonds. The van der Waals surface area contributed by atoms with Gasteiger partial charge in [-0.3, -0.25) is 4.79 Å². The first kappa shape index (κ1) is 22.5. The maximum absolute atomic E-state index is 13.0. The lowest BCUT2D eigenvalue weighted by Gasteiger charge is -2.26. The molecule has 1 N–H and O–H groups in total. The minimum absolute atomic E-state index is 0.0514. The zero-order valence-corrected chi connectivity index (χ0v) is 18.6. The third-order valence-corrected chi connectivity index (χ3v) is 7.01. The molecule has 3 rings (SSSR count). The molecular weight excluding hydrogens is 432 g/mol. The standard InChI is InChI=1S/C17H24N6O5S2/c1-12(2)28-15-5-4-13(30(25,26)23-6-8-27-9-7-23)10-14(15)18-16(24)11-29-17-19-20-21-22(17)3/h4-5,10,12H,6-9,11H2,1-3H3,(H,18,24). The fourth-order valence-electron chi connectivity index (χ4n) is 2.72. The van der Waals surface area contributed by atoms with Crippen molar-refractivity contribution in [3.8, 4) is 5.75 Å². The Kier molecular flexibility index (Phi) is 7.28. The van der Waals surface area contributed by atoms with Crippen molar-refractivity contribution in [2.45, 2.75) is 30.0 Å². The van der Waals surface area contributed by atoms with Crippen LogP contribution in [0.25, 0.3) is 0 Å². The number of hydrogen-bond donors (Lipinski definition) is 1. The summed E-state index contributed by atoms with van der Waals surface area (Å²) in [5.74, 6) is 0.109. The lowest BCUT2D eigenvalue weighted by molar-refractivity contribution is -0.113. The zero-order chi connectivity index (χ0) is 21.7. The van der Waals surface area contributed by atoms with Crippen LogP contribution in [0.3, 0.4) is 0 Å². The number of ether oxygens (including phenoxy) is 2. The Hall–Kier alpha value is -2.22. The van der Waals surface area contributed by atoms with Crippen LogP contribution in [0.4, 0.5) is 5.69 Å². The monoisotopic (exact) mass is 456 g/mol. The van der Waals surface area contributed by atoms with Gasteiger partial charge in [-0.2, -0.15) is 4.31 Å². The number of sulfonamides is 1. The molecule has 1 saturated heterocycles. The van der Waals surface area contributed by atoms with Crippen LogP contribution in [-0.2, 0) is 26.6 Å². The second kappa shape index (κ2) is 9.73. The number of aryl methyl sites for hydroxylation is 1. The Labute approximate surface area is 179 Å². The van der Waals surface area contributed by atoms with Crippen LogP contribution in [-0.4, -0.2) is 77.0 Å². The van der Waals surface area contributed by atoms with Gasteiger partial charge in [-0.15, -0.1) is 5.10 Å².